The molecule has 0 bridgehead atoms. The van der Waals surface area contributed by atoms with Gasteiger partial charge >= 0.3 is 0 Å². The van der Waals surface area contributed by atoms with Gasteiger partial charge in [-0.05, 0) is 59.2 Å². The van der Waals surface area contributed by atoms with Crippen LogP contribution < -0.4 is 5.32 Å². The first kappa shape index (κ1) is 13.8. The molecular formula is C15H18BrNS. The minimum Gasteiger partial charge on any atom is -0.309 e. The Labute approximate surface area is 121 Å². The van der Waals surface area contributed by atoms with E-state index in [-0.39, 0.29) is 0 Å². The summed E-state index contributed by atoms with van der Waals surface area (Å²) in [5, 5.41) is 5.70. The Morgan fingerprint density at radius 1 is 1.22 bits per heavy atom. The summed E-state index contributed by atoms with van der Waals surface area (Å²) in [5.41, 5.74) is 1.42. The number of nitrogens with one attached hydrogen (secondary N) is 1. The highest BCUT2D eigenvalue weighted by Gasteiger charge is 2.09. The van der Waals surface area contributed by atoms with Crippen LogP contribution in [0.5, 0.6) is 0 Å². The van der Waals surface area contributed by atoms with Gasteiger partial charge in [0.25, 0.3) is 0 Å². The van der Waals surface area contributed by atoms with Gasteiger partial charge in [0.05, 0.1) is 0 Å². The van der Waals surface area contributed by atoms with Gasteiger partial charge in [0, 0.05) is 15.4 Å². The molecule has 3 heteroatoms. The third kappa shape index (κ3) is 3.94. The monoisotopic (exact) mass is 323 g/mol. The lowest BCUT2D eigenvalue weighted by Gasteiger charge is -2.12. The average Bonchev–Trinajstić information content (AvgIpc) is 2.82. The molecule has 0 aliphatic heterocycles. The molecule has 0 spiro atoms. The van der Waals surface area contributed by atoms with Crippen molar-refractivity contribution in [1.29, 1.82) is 0 Å². The van der Waals surface area contributed by atoms with E-state index in [0.29, 0.717) is 6.04 Å². The molecule has 0 amide bonds. The topological polar surface area (TPSA) is 12.0 Å². The number of hydrogen-bond acceptors (Lipinski definition) is 2. The summed E-state index contributed by atoms with van der Waals surface area (Å²) in [7, 11) is 0. The quantitative estimate of drug-likeness (QED) is 0.753. The van der Waals surface area contributed by atoms with E-state index in [9.17, 15) is 0 Å². The number of hydrogen-bond donors (Lipinski definition) is 1. The molecule has 1 aromatic carbocycles. The number of thiophene rings is 1. The molecule has 96 valence electrons. The smallest absolute Gasteiger partial charge is 0.0397 e. The van der Waals surface area contributed by atoms with Crippen LogP contribution in [-0.4, -0.2) is 6.54 Å². The highest BCUT2D eigenvalue weighted by atomic mass is 79.9. The van der Waals surface area contributed by atoms with Gasteiger partial charge in [-0.15, -0.1) is 11.3 Å². The van der Waals surface area contributed by atoms with Crippen LogP contribution in [0.2, 0.25) is 0 Å². The van der Waals surface area contributed by atoms with E-state index in [2.05, 4.69) is 69.9 Å². The maximum Gasteiger partial charge on any atom is 0.0397 e. The van der Waals surface area contributed by atoms with Crippen LogP contribution in [0.4, 0.5) is 0 Å². The number of rotatable bonds is 6. The number of aryl methyl sites for hydroxylation is 1. The van der Waals surface area contributed by atoms with Crippen LogP contribution in [0, 0.1) is 0 Å². The van der Waals surface area contributed by atoms with Gasteiger partial charge in [-0.2, -0.15) is 0 Å². The van der Waals surface area contributed by atoms with Gasteiger partial charge in [-0.3, -0.25) is 0 Å². The zero-order valence-electron chi connectivity index (χ0n) is 10.5. The SMILES string of the molecule is CC(NCCCc1ccccc1)c1sccc1Br. The second kappa shape index (κ2) is 7.07. The molecule has 0 saturated carbocycles. The molecule has 18 heavy (non-hydrogen) atoms. The summed E-state index contributed by atoms with van der Waals surface area (Å²) >= 11 is 5.39. The van der Waals surface area contributed by atoms with E-state index in [4.69, 9.17) is 0 Å². The highest BCUT2D eigenvalue weighted by Crippen LogP contribution is 2.28. The van der Waals surface area contributed by atoms with Gasteiger partial charge in [0.15, 0.2) is 0 Å². The highest BCUT2D eigenvalue weighted by molar-refractivity contribution is 9.10. The van der Waals surface area contributed by atoms with Crippen molar-refractivity contribution in [1.82, 2.24) is 5.32 Å². The second-order valence-electron chi connectivity index (χ2n) is 4.40. The molecule has 1 nitrogen and oxygen atoms in total. The fraction of sp³-hybridized carbons (Fsp3) is 0.333. The Balaban J connectivity index is 1.71. The Morgan fingerprint density at radius 2 is 2.00 bits per heavy atom. The van der Waals surface area contributed by atoms with Crippen LogP contribution in [0.25, 0.3) is 0 Å². The van der Waals surface area contributed by atoms with Crippen molar-refractivity contribution in [3.8, 4) is 0 Å². The molecule has 1 N–H and O–H groups in total. The summed E-state index contributed by atoms with van der Waals surface area (Å²) in [6.07, 6.45) is 2.32. The summed E-state index contributed by atoms with van der Waals surface area (Å²) < 4.78 is 1.22. The molecule has 1 heterocycles. The maximum atomic E-state index is 3.58. The van der Waals surface area contributed by atoms with Crippen LogP contribution in [-0.2, 0) is 6.42 Å². The predicted molar refractivity (Wildman–Crippen MR) is 83.2 cm³/mol. The number of halogens is 1. The third-order valence-electron chi connectivity index (χ3n) is 2.97. The summed E-state index contributed by atoms with van der Waals surface area (Å²) in [5.74, 6) is 0. The van der Waals surface area contributed by atoms with Gasteiger partial charge < -0.3 is 5.32 Å². The third-order valence-corrected chi connectivity index (χ3v) is 5.03. The lowest BCUT2D eigenvalue weighted by atomic mass is 10.1. The lowest BCUT2D eigenvalue weighted by molar-refractivity contribution is 0.564. The largest absolute Gasteiger partial charge is 0.309 e. The van der Waals surface area contributed by atoms with Gasteiger partial charge in [-0.1, -0.05) is 30.3 Å². The number of benzene rings is 1. The van der Waals surface area contributed by atoms with E-state index in [0.717, 1.165) is 13.0 Å². The van der Waals surface area contributed by atoms with Crippen molar-refractivity contribution in [3.05, 3.63) is 56.7 Å². The average molecular weight is 324 g/mol. The van der Waals surface area contributed by atoms with Crippen molar-refractivity contribution in [3.63, 3.8) is 0 Å². The van der Waals surface area contributed by atoms with Crippen LogP contribution in [0.15, 0.2) is 46.3 Å². The predicted octanol–water partition coefficient (Wildman–Crippen LogP) is 4.79. The Bertz CT molecular complexity index is 466. The molecule has 1 unspecified atom stereocenters. The van der Waals surface area contributed by atoms with Crippen molar-refractivity contribution < 1.29 is 0 Å². The Morgan fingerprint density at radius 3 is 2.67 bits per heavy atom. The van der Waals surface area contributed by atoms with E-state index in [1.165, 1.54) is 21.3 Å². The summed E-state index contributed by atoms with van der Waals surface area (Å²) in [6.45, 7) is 3.28. The Hall–Kier alpha value is -0.640. The molecule has 0 saturated heterocycles. The maximum absolute atomic E-state index is 3.58. The van der Waals surface area contributed by atoms with Gasteiger partial charge in [-0.25, -0.2) is 0 Å². The summed E-state index contributed by atoms with van der Waals surface area (Å²) in [6, 6.07) is 13.2. The summed E-state index contributed by atoms with van der Waals surface area (Å²) in [4.78, 5) is 1.38. The standard InChI is InChI=1S/C15H18BrNS/c1-12(15-14(16)9-11-18-15)17-10-5-8-13-6-3-2-4-7-13/h2-4,6-7,9,11-12,17H,5,8,10H2,1H3. The zero-order valence-corrected chi connectivity index (χ0v) is 12.9. The lowest BCUT2D eigenvalue weighted by Crippen LogP contribution is -2.19. The molecule has 0 aliphatic rings. The first-order chi connectivity index (χ1) is 8.77. The van der Waals surface area contributed by atoms with Crippen molar-refractivity contribution in [2.45, 2.75) is 25.8 Å². The van der Waals surface area contributed by atoms with Crippen LogP contribution in [0.3, 0.4) is 0 Å². The van der Waals surface area contributed by atoms with Gasteiger partial charge in [0.1, 0.15) is 0 Å². The minimum absolute atomic E-state index is 0.426. The molecule has 1 atom stereocenters. The molecular weight excluding hydrogens is 306 g/mol. The minimum atomic E-state index is 0.426. The van der Waals surface area contributed by atoms with E-state index >= 15 is 0 Å². The first-order valence-electron chi connectivity index (χ1n) is 6.27. The van der Waals surface area contributed by atoms with E-state index in [1.807, 2.05) is 0 Å². The zero-order chi connectivity index (χ0) is 12.8. The molecule has 0 aliphatic carbocycles. The molecule has 0 fully saturated rings. The fourth-order valence-electron chi connectivity index (χ4n) is 1.96. The normalized spacial score (nSPS) is 12.6. The first-order valence-corrected chi connectivity index (χ1v) is 7.95. The van der Waals surface area contributed by atoms with Gasteiger partial charge in [0.2, 0.25) is 0 Å². The van der Waals surface area contributed by atoms with Crippen molar-refractivity contribution >= 4 is 27.3 Å². The fourth-order valence-corrected chi connectivity index (χ4v) is 3.71. The van der Waals surface area contributed by atoms with E-state index in [1.54, 1.807) is 11.3 Å². The van der Waals surface area contributed by atoms with Crippen molar-refractivity contribution in [2.75, 3.05) is 6.54 Å². The van der Waals surface area contributed by atoms with Crippen LogP contribution >= 0.6 is 27.3 Å². The molecule has 0 radical (unpaired) electrons. The second-order valence-corrected chi connectivity index (χ2v) is 6.20. The molecule has 2 rings (SSSR count). The van der Waals surface area contributed by atoms with E-state index < -0.39 is 0 Å². The van der Waals surface area contributed by atoms with Crippen LogP contribution in [0.1, 0.15) is 29.8 Å². The Kier molecular flexibility index (Phi) is 5.42. The molecule has 2 aromatic rings. The molecule has 1 aromatic heterocycles. The van der Waals surface area contributed by atoms with Crippen molar-refractivity contribution in [2.24, 2.45) is 0 Å².